The van der Waals surface area contributed by atoms with E-state index in [4.69, 9.17) is 5.73 Å². The van der Waals surface area contributed by atoms with Gasteiger partial charge in [0.1, 0.15) is 5.65 Å². The zero-order valence-corrected chi connectivity index (χ0v) is 14.0. The Morgan fingerprint density at radius 3 is 2.67 bits per heavy atom. The van der Waals surface area contributed by atoms with Gasteiger partial charge in [0.2, 0.25) is 5.91 Å². The molecule has 0 aromatic carbocycles. The van der Waals surface area contributed by atoms with Crippen molar-refractivity contribution in [3.05, 3.63) is 36.3 Å². The molecule has 2 rings (SSSR count). The summed E-state index contributed by atoms with van der Waals surface area (Å²) in [6.07, 6.45) is 5.55. The lowest BCUT2D eigenvalue weighted by molar-refractivity contribution is -0.124. The minimum atomic E-state index is -0.511. The lowest BCUT2D eigenvalue weighted by Gasteiger charge is -2.25. The van der Waals surface area contributed by atoms with Gasteiger partial charge in [-0.15, -0.1) is 24.8 Å². The van der Waals surface area contributed by atoms with Crippen molar-refractivity contribution in [1.29, 1.82) is 0 Å². The van der Waals surface area contributed by atoms with E-state index >= 15 is 0 Å². The van der Waals surface area contributed by atoms with Crippen molar-refractivity contribution in [2.24, 2.45) is 11.1 Å². The predicted octanol–water partition coefficient (Wildman–Crippen LogP) is 2.17. The third-order valence-electron chi connectivity index (χ3n) is 3.14. The van der Waals surface area contributed by atoms with Gasteiger partial charge >= 0.3 is 0 Å². The standard InChI is InChI=1S/C14H20N4O.2ClH/c1-14(2,3)12(15)13(19)17-9-10-4-6-18-7-5-16-11(18)8-10;;/h4-8,12H,9,15H2,1-3H3,(H,17,19);2*1H/t12-;;/m1../s1. The van der Waals surface area contributed by atoms with Gasteiger partial charge in [-0.1, -0.05) is 20.8 Å². The molecule has 0 spiro atoms. The summed E-state index contributed by atoms with van der Waals surface area (Å²) >= 11 is 0. The molecule has 0 unspecified atom stereocenters. The summed E-state index contributed by atoms with van der Waals surface area (Å²) in [6, 6.07) is 3.39. The number of rotatable bonds is 3. The van der Waals surface area contributed by atoms with E-state index in [1.165, 1.54) is 0 Å². The van der Waals surface area contributed by atoms with Crippen LogP contribution in [0.5, 0.6) is 0 Å². The van der Waals surface area contributed by atoms with Crippen molar-refractivity contribution in [1.82, 2.24) is 14.7 Å². The molecular weight excluding hydrogens is 311 g/mol. The van der Waals surface area contributed by atoms with Crippen LogP contribution in [0.3, 0.4) is 0 Å². The molecule has 0 aliphatic carbocycles. The van der Waals surface area contributed by atoms with Gasteiger partial charge in [0.05, 0.1) is 6.04 Å². The number of pyridine rings is 1. The maximum absolute atomic E-state index is 11.9. The van der Waals surface area contributed by atoms with Crippen LogP contribution < -0.4 is 11.1 Å². The molecule has 3 N–H and O–H groups in total. The Bertz CT molecular complexity index is 592. The normalized spacial score (nSPS) is 12.2. The first-order valence-electron chi connectivity index (χ1n) is 6.33. The van der Waals surface area contributed by atoms with Gasteiger partial charge in [0.25, 0.3) is 0 Å². The third-order valence-corrected chi connectivity index (χ3v) is 3.14. The van der Waals surface area contributed by atoms with E-state index in [1.54, 1.807) is 6.20 Å². The second-order valence-electron chi connectivity index (χ2n) is 5.79. The van der Waals surface area contributed by atoms with Gasteiger partial charge in [0.15, 0.2) is 0 Å². The monoisotopic (exact) mass is 332 g/mol. The van der Waals surface area contributed by atoms with E-state index in [0.29, 0.717) is 6.54 Å². The molecule has 5 nitrogen and oxygen atoms in total. The predicted molar refractivity (Wildman–Crippen MR) is 89.0 cm³/mol. The molecule has 0 fully saturated rings. The summed E-state index contributed by atoms with van der Waals surface area (Å²) in [5.74, 6) is -0.129. The van der Waals surface area contributed by atoms with Gasteiger partial charge in [-0.05, 0) is 23.1 Å². The van der Waals surface area contributed by atoms with Crippen molar-refractivity contribution in [2.75, 3.05) is 0 Å². The minimum absolute atomic E-state index is 0. The number of nitrogens with zero attached hydrogens (tertiary/aromatic N) is 2. The fourth-order valence-corrected chi connectivity index (χ4v) is 1.75. The Labute approximate surface area is 137 Å². The average Bonchev–Trinajstić information content (AvgIpc) is 2.81. The molecule has 2 aromatic rings. The van der Waals surface area contributed by atoms with Crippen LogP contribution >= 0.6 is 24.8 Å². The van der Waals surface area contributed by atoms with Crippen LogP contribution in [0.15, 0.2) is 30.7 Å². The van der Waals surface area contributed by atoms with Crippen LogP contribution in [0.25, 0.3) is 5.65 Å². The minimum Gasteiger partial charge on any atom is -0.351 e. The van der Waals surface area contributed by atoms with E-state index < -0.39 is 6.04 Å². The molecular formula is C14H22Cl2N4O. The number of carbonyl (C=O) groups excluding carboxylic acids is 1. The van der Waals surface area contributed by atoms with Crippen molar-refractivity contribution < 1.29 is 4.79 Å². The Hall–Kier alpha value is -1.30. The smallest absolute Gasteiger partial charge is 0.237 e. The Kier molecular flexibility index (Phi) is 7.16. The van der Waals surface area contributed by atoms with Gasteiger partial charge in [-0.3, -0.25) is 4.79 Å². The van der Waals surface area contributed by atoms with Crippen LogP contribution in [0.1, 0.15) is 26.3 Å². The molecule has 2 heterocycles. The number of amides is 1. The van der Waals surface area contributed by atoms with E-state index in [1.807, 2.05) is 49.7 Å². The van der Waals surface area contributed by atoms with Crippen LogP contribution in [-0.4, -0.2) is 21.3 Å². The van der Waals surface area contributed by atoms with Crippen molar-refractivity contribution in [3.8, 4) is 0 Å². The summed E-state index contributed by atoms with van der Waals surface area (Å²) < 4.78 is 1.92. The summed E-state index contributed by atoms with van der Waals surface area (Å²) in [6.45, 7) is 6.32. The fourth-order valence-electron chi connectivity index (χ4n) is 1.75. The molecule has 0 bridgehead atoms. The molecule has 2 aromatic heterocycles. The van der Waals surface area contributed by atoms with Gasteiger partial charge < -0.3 is 15.5 Å². The zero-order chi connectivity index (χ0) is 14.0. The summed E-state index contributed by atoms with van der Waals surface area (Å²) in [4.78, 5) is 16.1. The molecule has 1 amide bonds. The third kappa shape index (κ3) is 4.88. The number of aromatic nitrogens is 2. The molecule has 0 saturated heterocycles. The highest BCUT2D eigenvalue weighted by atomic mass is 35.5. The zero-order valence-electron chi connectivity index (χ0n) is 12.4. The number of nitrogens with one attached hydrogen (secondary N) is 1. The van der Waals surface area contributed by atoms with E-state index in [9.17, 15) is 4.79 Å². The molecule has 0 aliphatic heterocycles. The van der Waals surface area contributed by atoms with Crippen molar-refractivity contribution in [3.63, 3.8) is 0 Å². The second kappa shape index (κ2) is 7.64. The number of carbonyl (C=O) groups is 1. The van der Waals surface area contributed by atoms with E-state index in [0.717, 1.165) is 11.2 Å². The maximum atomic E-state index is 11.9. The molecule has 118 valence electrons. The van der Waals surface area contributed by atoms with Gasteiger partial charge in [-0.25, -0.2) is 4.98 Å². The fraction of sp³-hybridized carbons (Fsp3) is 0.429. The molecule has 7 heteroatoms. The Morgan fingerprint density at radius 1 is 1.38 bits per heavy atom. The van der Waals surface area contributed by atoms with Crippen molar-refractivity contribution in [2.45, 2.75) is 33.4 Å². The van der Waals surface area contributed by atoms with Gasteiger partial charge in [-0.2, -0.15) is 0 Å². The number of halogens is 2. The number of hydrogen-bond donors (Lipinski definition) is 2. The highest BCUT2D eigenvalue weighted by Gasteiger charge is 2.27. The molecule has 1 atom stereocenters. The van der Waals surface area contributed by atoms with Gasteiger partial charge in [0, 0.05) is 25.1 Å². The van der Waals surface area contributed by atoms with E-state index in [-0.39, 0.29) is 36.1 Å². The maximum Gasteiger partial charge on any atom is 0.237 e. The van der Waals surface area contributed by atoms with Crippen LogP contribution in [0.4, 0.5) is 0 Å². The number of imidazole rings is 1. The Morgan fingerprint density at radius 2 is 2.05 bits per heavy atom. The van der Waals surface area contributed by atoms with E-state index in [2.05, 4.69) is 10.3 Å². The molecule has 0 radical (unpaired) electrons. The largest absolute Gasteiger partial charge is 0.351 e. The highest BCUT2D eigenvalue weighted by molar-refractivity contribution is 5.85. The lowest BCUT2D eigenvalue weighted by atomic mass is 9.87. The number of fused-ring (bicyclic) bond motifs is 1. The highest BCUT2D eigenvalue weighted by Crippen LogP contribution is 2.17. The second-order valence-corrected chi connectivity index (χ2v) is 5.79. The van der Waals surface area contributed by atoms with Crippen molar-refractivity contribution >= 4 is 36.4 Å². The molecule has 0 saturated carbocycles. The molecule has 0 aliphatic rings. The lowest BCUT2D eigenvalue weighted by Crippen LogP contribution is -2.48. The SMILES string of the molecule is CC(C)(C)[C@H](N)C(=O)NCc1ccn2ccnc2c1.Cl.Cl. The van der Waals surface area contributed by atoms with Crippen LogP contribution in [-0.2, 0) is 11.3 Å². The molecule has 21 heavy (non-hydrogen) atoms. The van der Waals surface area contributed by atoms with Crippen LogP contribution in [0, 0.1) is 5.41 Å². The first-order chi connectivity index (χ1) is 8.88. The summed E-state index contributed by atoms with van der Waals surface area (Å²) in [5.41, 5.74) is 7.54. The quantitative estimate of drug-likeness (QED) is 0.904. The Balaban J connectivity index is 0.00000200. The number of hydrogen-bond acceptors (Lipinski definition) is 3. The van der Waals surface area contributed by atoms with Crippen LogP contribution in [0.2, 0.25) is 0 Å². The summed E-state index contributed by atoms with van der Waals surface area (Å²) in [5, 5.41) is 2.86. The summed E-state index contributed by atoms with van der Waals surface area (Å²) in [7, 11) is 0. The first kappa shape index (κ1) is 19.7. The first-order valence-corrected chi connectivity index (χ1v) is 6.33. The average molecular weight is 333 g/mol. The number of nitrogens with two attached hydrogens (primary N) is 1. The topological polar surface area (TPSA) is 72.4 Å².